The highest BCUT2D eigenvalue weighted by Gasteiger charge is 2.17. The molecular formula is C21H37ClN2O2. The van der Waals surface area contributed by atoms with Crippen LogP contribution in [0.3, 0.4) is 0 Å². The number of phenolic OH excluding ortho intramolecular Hbond substituents is 1. The normalized spacial score (nSPS) is 11.7. The molecule has 1 unspecified atom stereocenters. The molecular weight excluding hydrogens is 348 g/mol. The van der Waals surface area contributed by atoms with Gasteiger partial charge in [0.1, 0.15) is 5.75 Å². The summed E-state index contributed by atoms with van der Waals surface area (Å²) in [5.74, 6) is 5.26. The fourth-order valence-corrected chi connectivity index (χ4v) is 3.13. The molecule has 5 heteroatoms. The SMILES string of the molecule is CCCCCCCCCCc1cc(C(C)CC)cc(C(=O)NN)c1O.Cl. The van der Waals surface area contributed by atoms with Crippen LogP contribution in [0.2, 0.25) is 0 Å². The number of aryl methyl sites for hydroxylation is 1. The number of hydrogen-bond acceptors (Lipinski definition) is 3. The summed E-state index contributed by atoms with van der Waals surface area (Å²) in [5, 5.41) is 10.5. The fraction of sp³-hybridized carbons (Fsp3) is 0.667. The van der Waals surface area contributed by atoms with Crippen molar-refractivity contribution in [1.29, 1.82) is 0 Å². The summed E-state index contributed by atoms with van der Waals surface area (Å²) in [5.41, 5.74) is 4.38. The number of unbranched alkanes of at least 4 members (excludes halogenated alkanes) is 7. The molecule has 1 amide bonds. The smallest absolute Gasteiger partial charge is 0.268 e. The molecule has 0 heterocycles. The number of carbonyl (C=O) groups excluding carboxylic acids is 1. The summed E-state index contributed by atoms with van der Waals surface area (Å²) >= 11 is 0. The minimum Gasteiger partial charge on any atom is -0.507 e. The lowest BCUT2D eigenvalue weighted by atomic mass is 9.91. The summed E-state index contributed by atoms with van der Waals surface area (Å²) in [4.78, 5) is 12.0. The number of phenols is 1. The van der Waals surface area contributed by atoms with Gasteiger partial charge in [0.05, 0.1) is 5.56 Å². The van der Waals surface area contributed by atoms with Gasteiger partial charge in [-0.25, -0.2) is 5.84 Å². The van der Waals surface area contributed by atoms with Gasteiger partial charge in [0.2, 0.25) is 0 Å². The van der Waals surface area contributed by atoms with Gasteiger partial charge < -0.3 is 5.11 Å². The molecule has 0 aliphatic carbocycles. The quantitative estimate of drug-likeness (QED) is 0.189. The van der Waals surface area contributed by atoms with Crippen LogP contribution in [0.25, 0.3) is 0 Å². The van der Waals surface area contributed by atoms with E-state index < -0.39 is 5.91 Å². The Balaban J connectivity index is 0.00000625. The van der Waals surface area contributed by atoms with Crippen molar-refractivity contribution in [2.24, 2.45) is 5.84 Å². The van der Waals surface area contributed by atoms with Gasteiger partial charge >= 0.3 is 0 Å². The van der Waals surface area contributed by atoms with Crippen molar-refractivity contribution in [3.63, 3.8) is 0 Å². The molecule has 1 atom stereocenters. The number of hydrazine groups is 1. The molecule has 0 aliphatic rings. The second-order valence-corrected chi connectivity index (χ2v) is 7.08. The maximum Gasteiger partial charge on any atom is 0.268 e. The fourth-order valence-electron chi connectivity index (χ4n) is 3.13. The van der Waals surface area contributed by atoms with E-state index in [1.165, 1.54) is 38.5 Å². The number of nitrogen functional groups attached to an aromatic ring is 1. The lowest BCUT2D eigenvalue weighted by Crippen LogP contribution is -2.30. The van der Waals surface area contributed by atoms with Crippen LogP contribution in [-0.2, 0) is 6.42 Å². The topological polar surface area (TPSA) is 75.4 Å². The molecule has 0 saturated carbocycles. The van der Waals surface area contributed by atoms with Crippen molar-refractivity contribution in [3.8, 4) is 5.75 Å². The van der Waals surface area contributed by atoms with E-state index in [0.29, 0.717) is 5.92 Å². The predicted molar refractivity (Wildman–Crippen MR) is 112 cm³/mol. The van der Waals surface area contributed by atoms with Crippen LogP contribution >= 0.6 is 12.4 Å². The van der Waals surface area contributed by atoms with Gasteiger partial charge in [-0.3, -0.25) is 10.2 Å². The third-order valence-corrected chi connectivity index (χ3v) is 5.07. The van der Waals surface area contributed by atoms with Crippen LogP contribution in [0.4, 0.5) is 0 Å². The Labute approximate surface area is 165 Å². The molecule has 4 N–H and O–H groups in total. The molecule has 0 spiro atoms. The van der Waals surface area contributed by atoms with Gasteiger partial charge in [0, 0.05) is 0 Å². The van der Waals surface area contributed by atoms with E-state index in [4.69, 9.17) is 5.84 Å². The predicted octanol–water partition coefficient (Wildman–Crippen LogP) is 5.61. The zero-order chi connectivity index (χ0) is 18.7. The highest BCUT2D eigenvalue weighted by atomic mass is 35.5. The second-order valence-electron chi connectivity index (χ2n) is 7.08. The van der Waals surface area contributed by atoms with Gasteiger partial charge in [-0.2, -0.15) is 0 Å². The lowest BCUT2D eigenvalue weighted by Gasteiger charge is -2.16. The summed E-state index contributed by atoms with van der Waals surface area (Å²) < 4.78 is 0. The Kier molecular flexibility index (Phi) is 13.2. The third-order valence-electron chi connectivity index (χ3n) is 5.07. The van der Waals surface area contributed by atoms with Gasteiger partial charge in [0.15, 0.2) is 0 Å². The molecule has 1 rings (SSSR count). The number of carbonyl (C=O) groups is 1. The average Bonchev–Trinajstić information content (AvgIpc) is 2.63. The van der Waals surface area contributed by atoms with Gasteiger partial charge in [0.25, 0.3) is 5.91 Å². The van der Waals surface area contributed by atoms with Crippen LogP contribution in [0, 0.1) is 0 Å². The Hall–Kier alpha value is -1.26. The number of hydrogen-bond donors (Lipinski definition) is 3. The van der Waals surface area contributed by atoms with Crippen LogP contribution in [0.1, 0.15) is 106 Å². The first kappa shape index (κ1) is 24.7. The van der Waals surface area contributed by atoms with Crippen molar-refractivity contribution in [2.45, 2.75) is 90.9 Å². The molecule has 0 aromatic heterocycles. The Morgan fingerprint density at radius 3 is 2.19 bits per heavy atom. The standard InChI is InChI=1S/C21H36N2O2.ClH/c1-4-6-7-8-9-10-11-12-13-17-14-18(16(3)5-2)15-19(20(17)24)21(25)23-22;/h14-16,24H,4-13,22H2,1-3H3,(H,23,25);1H. The van der Waals surface area contributed by atoms with Crippen LogP contribution in [-0.4, -0.2) is 11.0 Å². The van der Waals surface area contributed by atoms with Gasteiger partial charge in [-0.1, -0.05) is 71.8 Å². The van der Waals surface area contributed by atoms with Crippen molar-refractivity contribution in [3.05, 3.63) is 28.8 Å². The molecule has 1 aromatic carbocycles. The molecule has 0 saturated heterocycles. The van der Waals surface area contributed by atoms with E-state index in [2.05, 4.69) is 32.3 Å². The molecule has 4 nitrogen and oxygen atoms in total. The lowest BCUT2D eigenvalue weighted by molar-refractivity contribution is 0.0950. The monoisotopic (exact) mass is 384 g/mol. The maximum atomic E-state index is 12.0. The summed E-state index contributed by atoms with van der Waals surface area (Å²) in [6, 6.07) is 3.82. The van der Waals surface area contributed by atoms with Crippen LogP contribution in [0.15, 0.2) is 12.1 Å². The number of benzene rings is 1. The largest absolute Gasteiger partial charge is 0.507 e. The number of rotatable bonds is 12. The summed E-state index contributed by atoms with van der Waals surface area (Å²) in [6.45, 7) is 6.49. The summed E-state index contributed by atoms with van der Waals surface area (Å²) in [6.07, 6.45) is 11.8. The first-order chi connectivity index (χ1) is 12.0. The number of nitrogens with two attached hydrogens (primary N) is 1. The molecule has 0 bridgehead atoms. The molecule has 0 radical (unpaired) electrons. The second kappa shape index (κ2) is 13.9. The molecule has 0 aliphatic heterocycles. The minimum atomic E-state index is -0.431. The molecule has 0 fully saturated rings. The highest BCUT2D eigenvalue weighted by Crippen LogP contribution is 2.30. The minimum absolute atomic E-state index is 0. The first-order valence-corrected chi connectivity index (χ1v) is 9.91. The van der Waals surface area contributed by atoms with E-state index >= 15 is 0 Å². The number of nitrogens with one attached hydrogen (secondary N) is 1. The highest BCUT2D eigenvalue weighted by molar-refractivity contribution is 5.97. The van der Waals surface area contributed by atoms with Crippen LogP contribution in [0.5, 0.6) is 5.75 Å². The van der Waals surface area contributed by atoms with Gasteiger partial charge in [-0.05, 0) is 42.4 Å². The van der Waals surface area contributed by atoms with Crippen molar-refractivity contribution >= 4 is 18.3 Å². The number of aromatic hydroxyl groups is 1. The zero-order valence-electron chi connectivity index (χ0n) is 16.6. The van der Waals surface area contributed by atoms with Crippen LogP contribution < -0.4 is 11.3 Å². The Bertz CT molecular complexity index is 535. The zero-order valence-corrected chi connectivity index (χ0v) is 17.5. The number of halogens is 1. The van der Waals surface area contributed by atoms with Crippen molar-refractivity contribution < 1.29 is 9.90 Å². The van der Waals surface area contributed by atoms with E-state index in [9.17, 15) is 9.90 Å². The van der Waals surface area contributed by atoms with Gasteiger partial charge in [-0.15, -0.1) is 12.4 Å². The number of amides is 1. The van der Waals surface area contributed by atoms with E-state index in [-0.39, 0.29) is 23.7 Å². The van der Waals surface area contributed by atoms with E-state index in [1.807, 2.05) is 0 Å². The Morgan fingerprint density at radius 1 is 1.08 bits per heavy atom. The Morgan fingerprint density at radius 2 is 1.65 bits per heavy atom. The first-order valence-electron chi connectivity index (χ1n) is 9.91. The van der Waals surface area contributed by atoms with Crippen molar-refractivity contribution in [2.75, 3.05) is 0 Å². The average molecular weight is 385 g/mol. The van der Waals surface area contributed by atoms with E-state index in [1.54, 1.807) is 6.07 Å². The molecule has 26 heavy (non-hydrogen) atoms. The maximum absolute atomic E-state index is 12.0. The molecule has 1 aromatic rings. The van der Waals surface area contributed by atoms with Crippen molar-refractivity contribution in [1.82, 2.24) is 5.43 Å². The third kappa shape index (κ3) is 7.96. The molecule has 150 valence electrons. The summed E-state index contributed by atoms with van der Waals surface area (Å²) in [7, 11) is 0. The van der Waals surface area contributed by atoms with E-state index in [0.717, 1.165) is 36.8 Å².